The lowest BCUT2D eigenvalue weighted by Gasteiger charge is -2.17. The second-order valence-corrected chi connectivity index (χ2v) is 5.55. The molecule has 3 N–H and O–H groups in total. The number of hydrogen-bond donors (Lipinski definition) is 2. The van der Waals surface area contributed by atoms with E-state index in [1.807, 2.05) is 13.8 Å². The molecule has 1 fully saturated rings. The van der Waals surface area contributed by atoms with Gasteiger partial charge in [-0.25, -0.2) is 0 Å². The average molecular weight is 256 g/mol. The Hall–Kier alpha value is -0.610. The summed E-state index contributed by atoms with van der Waals surface area (Å²) in [5, 5.41) is 2.83. The van der Waals surface area contributed by atoms with Crippen LogP contribution in [0.2, 0.25) is 0 Å². The van der Waals surface area contributed by atoms with Gasteiger partial charge in [-0.15, -0.1) is 0 Å². The predicted molar refractivity (Wildman–Crippen MR) is 73.3 cm³/mol. The van der Waals surface area contributed by atoms with Crippen LogP contribution >= 0.6 is 0 Å². The normalized spacial score (nSPS) is 19.6. The maximum Gasteiger partial charge on any atom is 0.237 e. The third-order valence-corrected chi connectivity index (χ3v) is 3.58. The van der Waals surface area contributed by atoms with E-state index >= 15 is 0 Å². The molecule has 1 aliphatic rings. The van der Waals surface area contributed by atoms with Gasteiger partial charge in [0.2, 0.25) is 5.91 Å². The van der Waals surface area contributed by atoms with Crippen LogP contribution in [0.25, 0.3) is 0 Å². The Morgan fingerprint density at radius 2 is 1.89 bits per heavy atom. The van der Waals surface area contributed by atoms with Crippen molar-refractivity contribution in [3.05, 3.63) is 0 Å². The zero-order chi connectivity index (χ0) is 13.4. The van der Waals surface area contributed by atoms with Gasteiger partial charge in [0.15, 0.2) is 0 Å². The van der Waals surface area contributed by atoms with E-state index in [1.54, 1.807) is 0 Å². The van der Waals surface area contributed by atoms with Crippen LogP contribution in [0.4, 0.5) is 0 Å². The summed E-state index contributed by atoms with van der Waals surface area (Å²) < 4.78 is 5.80. The molecule has 18 heavy (non-hydrogen) atoms. The Bertz CT molecular complexity index is 236. The van der Waals surface area contributed by atoms with Gasteiger partial charge in [-0.3, -0.25) is 4.79 Å². The van der Waals surface area contributed by atoms with Crippen LogP contribution in [0.15, 0.2) is 0 Å². The molecule has 1 rings (SSSR count). The zero-order valence-electron chi connectivity index (χ0n) is 11.8. The van der Waals surface area contributed by atoms with Crippen molar-refractivity contribution in [2.24, 2.45) is 11.7 Å². The molecular weight excluding hydrogens is 228 g/mol. The van der Waals surface area contributed by atoms with Gasteiger partial charge >= 0.3 is 0 Å². The van der Waals surface area contributed by atoms with Gasteiger partial charge in [0.1, 0.15) is 0 Å². The summed E-state index contributed by atoms with van der Waals surface area (Å²) >= 11 is 0. The second-order valence-electron chi connectivity index (χ2n) is 5.55. The molecule has 0 bridgehead atoms. The minimum Gasteiger partial charge on any atom is -0.376 e. The third kappa shape index (κ3) is 5.83. The van der Waals surface area contributed by atoms with Crippen LogP contribution in [-0.4, -0.2) is 31.2 Å². The summed E-state index contributed by atoms with van der Waals surface area (Å²) in [6.07, 6.45) is 7.94. The summed E-state index contributed by atoms with van der Waals surface area (Å²) in [4.78, 5) is 11.6. The third-order valence-electron chi connectivity index (χ3n) is 3.58. The lowest BCUT2D eigenvalue weighted by atomic mass is 10.1. The quantitative estimate of drug-likeness (QED) is 0.563. The molecule has 0 aromatic rings. The number of carbonyl (C=O) groups is 1. The summed E-state index contributed by atoms with van der Waals surface area (Å²) in [6.45, 7) is 5.07. The van der Waals surface area contributed by atoms with Gasteiger partial charge in [0.25, 0.3) is 0 Å². The number of nitrogens with one attached hydrogen (secondary N) is 1. The first-order chi connectivity index (χ1) is 8.61. The van der Waals surface area contributed by atoms with Gasteiger partial charge in [-0.05, 0) is 18.8 Å². The van der Waals surface area contributed by atoms with E-state index in [2.05, 4.69) is 5.32 Å². The molecule has 1 saturated carbocycles. The number of hydrogen-bond acceptors (Lipinski definition) is 3. The summed E-state index contributed by atoms with van der Waals surface area (Å²) in [5.74, 6) is 0.0993. The Morgan fingerprint density at radius 1 is 1.28 bits per heavy atom. The molecule has 1 amide bonds. The molecule has 0 radical (unpaired) electrons. The van der Waals surface area contributed by atoms with Gasteiger partial charge in [-0.1, -0.05) is 39.5 Å². The first kappa shape index (κ1) is 15.4. The van der Waals surface area contributed by atoms with E-state index in [4.69, 9.17) is 10.5 Å². The summed E-state index contributed by atoms with van der Waals surface area (Å²) in [7, 11) is 0. The van der Waals surface area contributed by atoms with Crippen molar-refractivity contribution in [1.29, 1.82) is 0 Å². The molecule has 4 heteroatoms. The Kier molecular flexibility index (Phi) is 7.28. The molecular formula is C14H28N2O2. The molecule has 0 unspecified atom stereocenters. The van der Waals surface area contributed by atoms with E-state index in [-0.39, 0.29) is 11.8 Å². The van der Waals surface area contributed by atoms with Crippen LogP contribution < -0.4 is 11.1 Å². The SMILES string of the molecule is CC(C)[C@H](N)C(=O)NCCOC1CCCCCC1. The largest absolute Gasteiger partial charge is 0.376 e. The molecule has 0 spiro atoms. The molecule has 0 aromatic heterocycles. The molecule has 1 atom stereocenters. The number of carbonyl (C=O) groups excluding carboxylic acids is 1. The number of amides is 1. The van der Waals surface area contributed by atoms with E-state index in [0.717, 1.165) is 0 Å². The van der Waals surface area contributed by atoms with E-state index < -0.39 is 6.04 Å². The van der Waals surface area contributed by atoms with Crippen LogP contribution in [0, 0.1) is 5.92 Å². The first-order valence-corrected chi connectivity index (χ1v) is 7.26. The maximum atomic E-state index is 11.6. The Labute approximate surface area is 111 Å². The van der Waals surface area contributed by atoms with Gasteiger partial charge in [-0.2, -0.15) is 0 Å². The fourth-order valence-corrected chi connectivity index (χ4v) is 2.23. The maximum absolute atomic E-state index is 11.6. The molecule has 106 valence electrons. The number of ether oxygens (including phenoxy) is 1. The molecule has 0 heterocycles. The predicted octanol–water partition coefficient (Wildman–Crippen LogP) is 1.83. The minimum atomic E-state index is -0.414. The molecule has 4 nitrogen and oxygen atoms in total. The lowest BCUT2D eigenvalue weighted by Crippen LogP contribution is -2.45. The highest BCUT2D eigenvalue weighted by molar-refractivity contribution is 5.81. The lowest BCUT2D eigenvalue weighted by molar-refractivity contribution is -0.123. The van der Waals surface area contributed by atoms with Crippen molar-refractivity contribution in [3.8, 4) is 0 Å². The smallest absolute Gasteiger partial charge is 0.237 e. The first-order valence-electron chi connectivity index (χ1n) is 7.26. The van der Waals surface area contributed by atoms with Gasteiger partial charge in [0.05, 0.1) is 18.8 Å². The van der Waals surface area contributed by atoms with Gasteiger partial charge in [0, 0.05) is 6.54 Å². The number of nitrogens with two attached hydrogens (primary N) is 1. The van der Waals surface area contributed by atoms with E-state index in [0.29, 0.717) is 19.3 Å². The molecule has 1 aliphatic carbocycles. The fraction of sp³-hybridized carbons (Fsp3) is 0.929. The highest BCUT2D eigenvalue weighted by Gasteiger charge is 2.17. The van der Waals surface area contributed by atoms with Crippen molar-refractivity contribution in [2.75, 3.05) is 13.2 Å². The van der Waals surface area contributed by atoms with Crippen LogP contribution in [0.5, 0.6) is 0 Å². The molecule has 0 saturated heterocycles. The van der Waals surface area contributed by atoms with Crippen molar-refractivity contribution in [2.45, 2.75) is 64.5 Å². The molecule has 0 aromatic carbocycles. The van der Waals surface area contributed by atoms with Crippen LogP contribution in [0.3, 0.4) is 0 Å². The van der Waals surface area contributed by atoms with Crippen LogP contribution in [0.1, 0.15) is 52.4 Å². The summed E-state index contributed by atoms with van der Waals surface area (Å²) in [5.41, 5.74) is 5.75. The topological polar surface area (TPSA) is 64.4 Å². The van der Waals surface area contributed by atoms with Crippen molar-refractivity contribution < 1.29 is 9.53 Å². The van der Waals surface area contributed by atoms with E-state index in [9.17, 15) is 4.79 Å². The second kappa shape index (κ2) is 8.48. The van der Waals surface area contributed by atoms with Crippen molar-refractivity contribution >= 4 is 5.91 Å². The highest BCUT2D eigenvalue weighted by Crippen LogP contribution is 2.19. The average Bonchev–Trinajstić information content (AvgIpc) is 2.61. The van der Waals surface area contributed by atoms with Crippen LogP contribution in [-0.2, 0) is 9.53 Å². The van der Waals surface area contributed by atoms with Gasteiger partial charge < -0.3 is 15.8 Å². The molecule has 0 aliphatic heterocycles. The number of rotatable bonds is 6. The monoisotopic (exact) mass is 256 g/mol. The van der Waals surface area contributed by atoms with Crippen molar-refractivity contribution in [1.82, 2.24) is 5.32 Å². The summed E-state index contributed by atoms with van der Waals surface area (Å²) in [6, 6.07) is -0.414. The standard InChI is InChI=1S/C14H28N2O2/c1-11(2)13(15)14(17)16-9-10-18-12-7-5-3-4-6-8-12/h11-13H,3-10,15H2,1-2H3,(H,16,17)/t13-/m0/s1. The Morgan fingerprint density at radius 3 is 2.44 bits per heavy atom. The highest BCUT2D eigenvalue weighted by atomic mass is 16.5. The van der Waals surface area contributed by atoms with E-state index in [1.165, 1.54) is 38.5 Å². The minimum absolute atomic E-state index is 0.0746. The fourth-order valence-electron chi connectivity index (χ4n) is 2.23. The zero-order valence-corrected chi connectivity index (χ0v) is 11.8. The van der Waals surface area contributed by atoms with Crippen molar-refractivity contribution in [3.63, 3.8) is 0 Å². The Balaban J connectivity index is 2.08.